The fraction of sp³-hybridized carbons (Fsp3) is 0.370. The van der Waals surface area contributed by atoms with Gasteiger partial charge in [0.05, 0.1) is 7.11 Å². The Kier molecular flexibility index (Phi) is 5.24. The average molecular weight is 463 g/mol. The van der Waals surface area contributed by atoms with E-state index in [9.17, 15) is 4.79 Å². The van der Waals surface area contributed by atoms with Crippen molar-refractivity contribution in [3.8, 4) is 17.2 Å². The molecule has 2 atom stereocenters. The van der Waals surface area contributed by atoms with Crippen LogP contribution in [0.2, 0.25) is 0 Å². The van der Waals surface area contributed by atoms with E-state index < -0.39 is 11.0 Å². The van der Waals surface area contributed by atoms with Crippen molar-refractivity contribution in [1.82, 2.24) is 9.47 Å². The fourth-order valence-corrected chi connectivity index (χ4v) is 6.46. The Hall–Kier alpha value is -2.86. The first-order chi connectivity index (χ1) is 15.8. The van der Waals surface area contributed by atoms with Crippen LogP contribution < -0.4 is 9.47 Å². The van der Waals surface area contributed by atoms with Gasteiger partial charge in [-0.1, -0.05) is 32.0 Å². The van der Waals surface area contributed by atoms with E-state index in [-0.39, 0.29) is 11.3 Å². The summed E-state index contributed by atoms with van der Waals surface area (Å²) in [5.74, 6) is 1.62. The quantitative estimate of drug-likeness (QED) is 0.490. The summed E-state index contributed by atoms with van der Waals surface area (Å²) in [4.78, 5) is 14.9. The number of hydrogen-bond donors (Lipinski definition) is 0. The van der Waals surface area contributed by atoms with E-state index in [1.165, 1.54) is 11.3 Å². The summed E-state index contributed by atoms with van der Waals surface area (Å²) in [6.45, 7) is 7.31. The summed E-state index contributed by atoms with van der Waals surface area (Å²) in [6.07, 6.45) is 2.39. The number of ether oxygens (including phenoxy) is 2. The summed E-state index contributed by atoms with van der Waals surface area (Å²) in [5.41, 5.74) is 4.59. The van der Waals surface area contributed by atoms with Gasteiger partial charge < -0.3 is 18.9 Å². The highest BCUT2D eigenvalue weighted by Crippen LogP contribution is 2.56. The summed E-state index contributed by atoms with van der Waals surface area (Å²) in [7, 11) is 1.68. The number of β-lactam (4-membered cyclic amide) rings is 1. The first-order valence-electron chi connectivity index (χ1n) is 11.3. The number of benzene rings is 2. The monoisotopic (exact) mass is 462 g/mol. The van der Waals surface area contributed by atoms with Gasteiger partial charge >= 0.3 is 0 Å². The highest BCUT2D eigenvalue weighted by atomic mass is 32.2. The zero-order valence-corrected chi connectivity index (χ0v) is 20.6. The Morgan fingerprint density at radius 1 is 1.03 bits per heavy atom. The van der Waals surface area contributed by atoms with Crippen molar-refractivity contribution in [1.29, 1.82) is 0 Å². The molecule has 0 aliphatic carbocycles. The fourth-order valence-electron chi connectivity index (χ4n) is 5.33. The number of thioether (sulfide) groups is 1. The summed E-state index contributed by atoms with van der Waals surface area (Å²) >= 11 is 1.70. The van der Waals surface area contributed by atoms with Gasteiger partial charge in [-0.3, -0.25) is 4.79 Å². The first kappa shape index (κ1) is 22.0. The minimum Gasteiger partial charge on any atom is -0.497 e. The molecule has 0 spiro atoms. The van der Waals surface area contributed by atoms with E-state index in [1.54, 1.807) is 18.9 Å². The van der Waals surface area contributed by atoms with Crippen LogP contribution in [0.5, 0.6) is 11.5 Å². The Morgan fingerprint density at radius 3 is 2.36 bits per heavy atom. The lowest BCUT2D eigenvalue weighted by Crippen LogP contribution is -2.72. The third-order valence-electron chi connectivity index (χ3n) is 6.79. The van der Waals surface area contributed by atoms with Gasteiger partial charge in [0.25, 0.3) is 5.91 Å². The number of fused-ring (bicyclic) bond motifs is 3. The second-order valence-electron chi connectivity index (χ2n) is 9.66. The van der Waals surface area contributed by atoms with E-state index in [0.717, 1.165) is 29.3 Å². The molecule has 6 heteroatoms. The maximum absolute atomic E-state index is 13.4. The lowest BCUT2D eigenvalue weighted by molar-refractivity contribution is -0.171. The van der Waals surface area contributed by atoms with E-state index in [4.69, 9.17) is 9.47 Å². The molecule has 1 fully saturated rings. The lowest BCUT2D eigenvalue weighted by atomic mass is 9.87. The van der Waals surface area contributed by atoms with Crippen LogP contribution in [-0.4, -0.2) is 41.4 Å². The molecule has 2 aliphatic heterocycles. The smallest absolute Gasteiger partial charge is 0.269 e. The van der Waals surface area contributed by atoms with Crippen LogP contribution in [0.4, 0.5) is 0 Å². The molecule has 2 aliphatic rings. The van der Waals surface area contributed by atoms with Gasteiger partial charge in [0.2, 0.25) is 6.10 Å². The molecule has 5 nitrogen and oxygen atoms in total. The molecule has 2 aromatic carbocycles. The van der Waals surface area contributed by atoms with Crippen LogP contribution in [0.3, 0.4) is 0 Å². The van der Waals surface area contributed by atoms with Gasteiger partial charge in [-0.2, -0.15) is 0 Å². The van der Waals surface area contributed by atoms with Gasteiger partial charge in [-0.15, -0.1) is 11.8 Å². The molecular formula is C27H30N2O3S. The Labute approximate surface area is 199 Å². The minimum absolute atomic E-state index is 0.0592. The van der Waals surface area contributed by atoms with Crippen molar-refractivity contribution in [3.05, 3.63) is 77.6 Å². The second kappa shape index (κ2) is 7.87. The number of carbonyl (C=O) groups excluding carboxylic acids is 1. The van der Waals surface area contributed by atoms with Crippen molar-refractivity contribution in [2.75, 3.05) is 19.9 Å². The van der Waals surface area contributed by atoms with Crippen molar-refractivity contribution in [3.63, 3.8) is 0 Å². The number of methoxy groups -OCH3 is 1. The Bertz CT molecular complexity index is 1190. The number of nitrogens with zero attached hydrogens (tertiary/aromatic N) is 2. The highest BCUT2D eigenvalue weighted by Gasteiger charge is 2.66. The number of hydrogen-bond acceptors (Lipinski definition) is 4. The second-order valence-corrected chi connectivity index (χ2v) is 10.7. The molecule has 3 heterocycles. The van der Waals surface area contributed by atoms with E-state index in [1.807, 2.05) is 47.4 Å². The summed E-state index contributed by atoms with van der Waals surface area (Å²) in [5, 5.41) is 0. The predicted octanol–water partition coefficient (Wildman–Crippen LogP) is 5.18. The van der Waals surface area contributed by atoms with Gasteiger partial charge in [-0.05, 0) is 67.5 Å². The topological polar surface area (TPSA) is 43.7 Å². The molecule has 5 rings (SSSR count). The van der Waals surface area contributed by atoms with Crippen LogP contribution >= 0.6 is 11.8 Å². The lowest BCUT2D eigenvalue weighted by Gasteiger charge is -2.56. The molecule has 0 unspecified atom stereocenters. The third kappa shape index (κ3) is 3.34. The molecule has 1 aromatic heterocycles. The molecule has 3 aromatic rings. The molecule has 0 N–H and O–H groups in total. The van der Waals surface area contributed by atoms with Gasteiger partial charge in [0, 0.05) is 29.2 Å². The first-order valence-corrected chi connectivity index (χ1v) is 12.5. The Balaban J connectivity index is 1.67. The zero-order valence-electron chi connectivity index (χ0n) is 19.8. The minimum atomic E-state index is -0.561. The van der Waals surface area contributed by atoms with Crippen molar-refractivity contribution < 1.29 is 14.3 Å². The number of aryl methyl sites for hydroxylation is 1. The SMILES string of the molecule is COc1ccc(-n2c(C)cc3c2CC(C)(C)CN2C(=O)[C@@H](Oc4ccccc4)[C@]32SC)cc1. The van der Waals surface area contributed by atoms with E-state index in [0.29, 0.717) is 6.54 Å². The molecule has 1 saturated heterocycles. The van der Waals surface area contributed by atoms with Crippen molar-refractivity contribution >= 4 is 17.7 Å². The number of aromatic nitrogens is 1. The van der Waals surface area contributed by atoms with Crippen molar-refractivity contribution in [2.45, 2.75) is 38.2 Å². The van der Waals surface area contributed by atoms with Gasteiger partial charge in [-0.25, -0.2) is 0 Å². The van der Waals surface area contributed by atoms with Gasteiger partial charge in [0.15, 0.2) is 4.87 Å². The predicted molar refractivity (Wildman–Crippen MR) is 132 cm³/mol. The molecule has 1 amide bonds. The van der Waals surface area contributed by atoms with E-state index in [2.05, 4.69) is 49.8 Å². The summed E-state index contributed by atoms with van der Waals surface area (Å²) < 4.78 is 14.1. The number of amides is 1. The maximum Gasteiger partial charge on any atom is 0.269 e. The van der Waals surface area contributed by atoms with Crippen LogP contribution in [0.15, 0.2) is 60.7 Å². The molecule has 172 valence electrons. The molecule has 0 bridgehead atoms. The van der Waals surface area contributed by atoms with Gasteiger partial charge in [0.1, 0.15) is 11.5 Å². The van der Waals surface area contributed by atoms with E-state index >= 15 is 0 Å². The number of para-hydroxylation sites is 1. The average Bonchev–Trinajstić information content (AvgIpc) is 3.09. The largest absolute Gasteiger partial charge is 0.497 e. The maximum atomic E-state index is 13.4. The van der Waals surface area contributed by atoms with Crippen LogP contribution in [0.25, 0.3) is 5.69 Å². The standard InChI is InChI=1S/C27H30N2O3S/c1-18-15-22-23(29(18)19-11-13-20(31-4)14-12-19)16-26(2,3)17-28-25(30)24(27(22,28)33-5)32-21-9-7-6-8-10-21/h6-15,24H,16-17H2,1-5H3/t24-,27-/m1/s1. The number of rotatable bonds is 5. The Morgan fingerprint density at radius 2 is 1.73 bits per heavy atom. The number of carbonyl (C=O) groups is 1. The summed E-state index contributed by atoms with van der Waals surface area (Å²) in [6, 6.07) is 20.1. The molecule has 0 saturated carbocycles. The third-order valence-corrected chi connectivity index (χ3v) is 8.07. The zero-order chi connectivity index (χ0) is 23.4. The molecule has 33 heavy (non-hydrogen) atoms. The van der Waals surface area contributed by atoms with Crippen LogP contribution in [0, 0.1) is 12.3 Å². The van der Waals surface area contributed by atoms with Crippen molar-refractivity contribution in [2.24, 2.45) is 5.41 Å². The molecule has 0 radical (unpaired) electrons. The normalized spacial score (nSPS) is 23.2. The molecular weight excluding hydrogens is 432 g/mol. The van der Waals surface area contributed by atoms with Crippen LogP contribution in [0.1, 0.15) is 30.8 Å². The highest BCUT2D eigenvalue weighted by molar-refractivity contribution is 7.99. The van der Waals surface area contributed by atoms with Crippen LogP contribution in [-0.2, 0) is 16.1 Å².